The Labute approximate surface area is 114 Å². The molecule has 0 unspecified atom stereocenters. The average Bonchev–Trinajstić information content (AvgIpc) is 2.37. The van der Waals surface area contributed by atoms with E-state index in [4.69, 9.17) is 21.1 Å². The normalized spacial score (nSPS) is 16.8. The van der Waals surface area contributed by atoms with Gasteiger partial charge in [0.1, 0.15) is 12.4 Å². The van der Waals surface area contributed by atoms with E-state index in [-0.39, 0.29) is 0 Å². The van der Waals surface area contributed by atoms with Crippen molar-refractivity contribution in [1.29, 1.82) is 0 Å². The molecule has 1 heterocycles. The zero-order chi connectivity index (χ0) is 13.0. The first-order chi connectivity index (χ1) is 8.66. The van der Waals surface area contributed by atoms with Crippen molar-refractivity contribution < 1.29 is 9.47 Å². The third-order valence-corrected chi connectivity index (χ3v) is 3.63. The van der Waals surface area contributed by atoms with E-state index in [1.54, 1.807) is 0 Å². The molecule has 1 aromatic carbocycles. The number of hydrogen-bond donors (Lipinski definition) is 0. The zero-order valence-corrected chi connectivity index (χ0v) is 11.8. The molecule has 0 bridgehead atoms. The second kappa shape index (κ2) is 6.41. The van der Waals surface area contributed by atoms with Crippen molar-refractivity contribution in [3.8, 4) is 5.75 Å². The predicted molar refractivity (Wildman–Crippen MR) is 73.7 cm³/mol. The van der Waals surface area contributed by atoms with Crippen LogP contribution in [0.4, 0.5) is 0 Å². The number of nitrogens with zero attached hydrogens (tertiary/aromatic N) is 1. The molecular formula is C14H20ClNO2. The van der Waals surface area contributed by atoms with Gasteiger partial charge in [-0.25, -0.2) is 0 Å². The highest BCUT2D eigenvalue weighted by Crippen LogP contribution is 2.26. The van der Waals surface area contributed by atoms with Crippen LogP contribution in [-0.4, -0.2) is 44.4 Å². The fourth-order valence-electron chi connectivity index (χ4n) is 2.07. The van der Waals surface area contributed by atoms with E-state index in [9.17, 15) is 0 Å². The zero-order valence-electron chi connectivity index (χ0n) is 11.0. The van der Waals surface area contributed by atoms with E-state index in [1.165, 1.54) is 0 Å². The molecule has 2 rings (SSSR count). The van der Waals surface area contributed by atoms with Crippen LogP contribution in [-0.2, 0) is 4.74 Å². The number of rotatable bonds is 4. The standard InChI is InChI=1S/C14H20ClNO2/c1-11-9-12(2)14(10-13(11)15)18-8-5-16-3-6-17-7-4-16/h9-10H,3-8H2,1-2H3. The summed E-state index contributed by atoms with van der Waals surface area (Å²) in [6.45, 7) is 9.34. The predicted octanol–water partition coefficient (Wildman–Crippen LogP) is 2.67. The van der Waals surface area contributed by atoms with E-state index >= 15 is 0 Å². The summed E-state index contributed by atoms with van der Waals surface area (Å²) in [5.41, 5.74) is 2.23. The van der Waals surface area contributed by atoms with Gasteiger partial charge in [0.15, 0.2) is 0 Å². The lowest BCUT2D eigenvalue weighted by molar-refractivity contribution is 0.0322. The van der Waals surface area contributed by atoms with Crippen LogP contribution in [0.5, 0.6) is 5.75 Å². The molecule has 0 aromatic heterocycles. The van der Waals surface area contributed by atoms with Crippen molar-refractivity contribution in [3.63, 3.8) is 0 Å². The Hall–Kier alpha value is -0.770. The molecule has 100 valence electrons. The van der Waals surface area contributed by atoms with Gasteiger partial charge in [0.2, 0.25) is 0 Å². The highest BCUT2D eigenvalue weighted by molar-refractivity contribution is 6.31. The molecule has 1 aliphatic rings. The minimum absolute atomic E-state index is 0.695. The summed E-state index contributed by atoms with van der Waals surface area (Å²) in [5.74, 6) is 0.888. The molecule has 0 spiro atoms. The van der Waals surface area contributed by atoms with Crippen LogP contribution in [0.2, 0.25) is 5.02 Å². The van der Waals surface area contributed by atoms with E-state index in [0.717, 1.165) is 54.7 Å². The number of hydrogen-bond acceptors (Lipinski definition) is 3. The van der Waals surface area contributed by atoms with Crippen LogP contribution >= 0.6 is 11.6 Å². The fourth-order valence-corrected chi connectivity index (χ4v) is 2.23. The monoisotopic (exact) mass is 269 g/mol. The summed E-state index contributed by atoms with van der Waals surface area (Å²) >= 11 is 6.11. The molecule has 18 heavy (non-hydrogen) atoms. The smallest absolute Gasteiger partial charge is 0.123 e. The molecule has 0 aliphatic carbocycles. The van der Waals surface area contributed by atoms with Crippen molar-refractivity contribution >= 4 is 11.6 Å². The minimum Gasteiger partial charge on any atom is -0.492 e. The van der Waals surface area contributed by atoms with Crippen LogP contribution < -0.4 is 4.74 Å². The van der Waals surface area contributed by atoms with E-state index in [0.29, 0.717) is 6.61 Å². The lowest BCUT2D eigenvalue weighted by Crippen LogP contribution is -2.38. The van der Waals surface area contributed by atoms with Crippen LogP contribution in [0, 0.1) is 13.8 Å². The SMILES string of the molecule is Cc1cc(C)c(OCCN2CCOCC2)cc1Cl. The van der Waals surface area contributed by atoms with Gasteiger partial charge >= 0.3 is 0 Å². The van der Waals surface area contributed by atoms with Crippen molar-refractivity contribution in [3.05, 3.63) is 28.3 Å². The summed E-state index contributed by atoms with van der Waals surface area (Å²) in [5, 5.41) is 0.766. The summed E-state index contributed by atoms with van der Waals surface area (Å²) in [6, 6.07) is 3.97. The van der Waals surface area contributed by atoms with Crippen LogP contribution in [0.15, 0.2) is 12.1 Å². The third kappa shape index (κ3) is 3.61. The minimum atomic E-state index is 0.695. The van der Waals surface area contributed by atoms with Crippen LogP contribution in [0.25, 0.3) is 0 Å². The van der Waals surface area contributed by atoms with Gasteiger partial charge in [-0.05, 0) is 31.0 Å². The van der Waals surface area contributed by atoms with Crippen LogP contribution in [0.3, 0.4) is 0 Å². The Morgan fingerprint density at radius 3 is 2.67 bits per heavy atom. The molecule has 4 heteroatoms. The summed E-state index contributed by atoms with van der Waals surface area (Å²) in [7, 11) is 0. The largest absolute Gasteiger partial charge is 0.492 e. The second-order valence-corrected chi connectivity index (χ2v) is 5.08. The first-order valence-corrected chi connectivity index (χ1v) is 6.74. The summed E-state index contributed by atoms with van der Waals surface area (Å²) < 4.78 is 11.1. The molecular weight excluding hydrogens is 250 g/mol. The van der Waals surface area contributed by atoms with Gasteiger partial charge in [-0.15, -0.1) is 0 Å². The molecule has 0 amide bonds. The molecule has 1 saturated heterocycles. The maximum atomic E-state index is 6.11. The van der Waals surface area contributed by atoms with Crippen molar-refractivity contribution in [1.82, 2.24) is 4.90 Å². The van der Waals surface area contributed by atoms with Gasteiger partial charge in [-0.1, -0.05) is 17.7 Å². The summed E-state index contributed by atoms with van der Waals surface area (Å²) in [4.78, 5) is 2.36. The Morgan fingerprint density at radius 1 is 1.22 bits per heavy atom. The molecule has 0 atom stereocenters. The van der Waals surface area contributed by atoms with Gasteiger partial charge in [0.05, 0.1) is 13.2 Å². The number of aryl methyl sites for hydroxylation is 2. The third-order valence-electron chi connectivity index (χ3n) is 3.22. The van der Waals surface area contributed by atoms with E-state index in [2.05, 4.69) is 11.0 Å². The molecule has 1 fully saturated rings. The van der Waals surface area contributed by atoms with Gasteiger partial charge in [0.25, 0.3) is 0 Å². The lowest BCUT2D eigenvalue weighted by atomic mass is 10.1. The molecule has 1 aliphatic heterocycles. The second-order valence-electron chi connectivity index (χ2n) is 4.67. The highest BCUT2D eigenvalue weighted by atomic mass is 35.5. The highest BCUT2D eigenvalue weighted by Gasteiger charge is 2.10. The Kier molecular flexibility index (Phi) is 4.87. The summed E-state index contributed by atoms with van der Waals surface area (Å²) in [6.07, 6.45) is 0. The first kappa shape index (κ1) is 13.7. The first-order valence-electron chi connectivity index (χ1n) is 6.36. The van der Waals surface area contributed by atoms with Gasteiger partial charge < -0.3 is 9.47 Å². The topological polar surface area (TPSA) is 21.7 Å². The van der Waals surface area contributed by atoms with Gasteiger partial charge in [-0.3, -0.25) is 4.90 Å². The maximum Gasteiger partial charge on any atom is 0.123 e. The van der Waals surface area contributed by atoms with Crippen LogP contribution in [0.1, 0.15) is 11.1 Å². The number of morpholine rings is 1. The van der Waals surface area contributed by atoms with Gasteiger partial charge in [-0.2, -0.15) is 0 Å². The molecule has 3 nitrogen and oxygen atoms in total. The van der Waals surface area contributed by atoms with Gasteiger partial charge in [0, 0.05) is 24.7 Å². The Balaban J connectivity index is 1.84. The number of benzene rings is 1. The Morgan fingerprint density at radius 2 is 1.94 bits per heavy atom. The lowest BCUT2D eigenvalue weighted by Gasteiger charge is -2.26. The van der Waals surface area contributed by atoms with Crippen molar-refractivity contribution in [2.75, 3.05) is 39.5 Å². The number of ether oxygens (including phenoxy) is 2. The molecule has 0 radical (unpaired) electrons. The quantitative estimate of drug-likeness (QED) is 0.839. The maximum absolute atomic E-state index is 6.11. The number of halogens is 1. The molecule has 0 saturated carbocycles. The molecule has 0 N–H and O–H groups in total. The average molecular weight is 270 g/mol. The van der Waals surface area contributed by atoms with Crippen molar-refractivity contribution in [2.24, 2.45) is 0 Å². The fraction of sp³-hybridized carbons (Fsp3) is 0.571. The van der Waals surface area contributed by atoms with E-state index < -0.39 is 0 Å². The van der Waals surface area contributed by atoms with Crippen molar-refractivity contribution in [2.45, 2.75) is 13.8 Å². The Bertz CT molecular complexity index is 403. The molecule has 1 aromatic rings. The van der Waals surface area contributed by atoms with E-state index in [1.807, 2.05) is 19.9 Å².